The molecule has 3 N–H and O–H groups in total. The number of benzene rings is 1. The van der Waals surface area contributed by atoms with E-state index < -0.39 is 0 Å². The quantitative estimate of drug-likeness (QED) is 0.664. The summed E-state index contributed by atoms with van der Waals surface area (Å²) in [4.78, 5) is 4.17. The van der Waals surface area contributed by atoms with Crippen molar-refractivity contribution in [2.75, 3.05) is 0 Å². The van der Waals surface area contributed by atoms with Gasteiger partial charge in [-0.1, -0.05) is 11.6 Å². The van der Waals surface area contributed by atoms with E-state index >= 15 is 0 Å². The van der Waals surface area contributed by atoms with Crippen LogP contribution >= 0.6 is 22.9 Å². The molecule has 2 rings (SSSR count). The molecule has 0 bridgehead atoms. The zero-order valence-electron chi connectivity index (χ0n) is 8.86. The van der Waals surface area contributed by atoms with Gasteiger partial charge in [0.2, 0.25) is 0 Å². The minimum atomic E-state index is -0.307. The molecule has 17 heavy (non-hydrogen) atoms. The molecule has 0 saturated heterocycles. The lowest BCUT2D eigenvalue weighted by Gasteiger charge is -2.14. The van der Waals surface area contributed by atoms with E-state index in [9.17, 15) is 4.39 Å². The molecule has 1 aromatic carbocycles. The zero-order valence-corrected chi connectivity index (χ0v) is 10.4. The molecule has 1 aromatic heterocycles. The van der Waals surface area contributed by atoms with Gasteiger partial charge >= 0.3 is 0 Å². The summed E-state index contributed by atoms with van der Waals surface area (Å²) in [6.07, 6.45) is 0.497. The Hall–Kier alpha value is -1.01. The molecule has 0 radical (unpaired) electrons. The lowest BCUT2D eigenvalue weighted by atomic mass is 10.0. The summed E-state index contributed by atoms with van der Waals surface area (Å²) in [7, 11) is 0. The van der Waals surface area contributed by atoms with E-state index in [2.05, 4.69) is 10.4 Å². The van der Waals surface area contributed by atoms with E-state index in [1.165, 1.54) is 23.5 Å². The summed E-state index contributed by atoms with van der Waals surface area (Å²) in [5, 5.41) is 2.43. The van der Waals surface area contributed by atoms with Crippen LogP contribution in [0.25, 0.3) is 0 Å². The maximum Gasteiger partial charge on any atom is 0.123 e. The summed E-state index contributed by atoms with van der Waals surface area (Å²) in [5.41, 5.74) is 5.93. The maximum absolute atomic E-state index is 13.1. The molecule has 3 nitrogen and oxygen atoms in total. The highest BCUT2D eigenvalue weighted by molar-refractivity contribution is 7.07. The third-order valence-electron chi connectivity index (χ3n) is 2.44. The predicted octanol–water partition coefficient (Wildman–Crippen LogP) is 2.68. The summed E-state index contributed by atoms with van der Waals surface area (Å²) < 4.78 is 13.1. The van der Waals surface area contributed by atoms with E-state index in [-0.39, 0.29) is 11.9 Å². The second kappa shape index (κ2) is 5.55. The number of halogens is 2. The minimum absolute atomic E-state index is 0.166. The summed E-state index contributed by atoms with van der Waals surface area (Å²) in [6.45, 7) is 0. The number of aromatic nitrogens is 1. The predicted molar refractivity (Wildman–Crippen MR) is 67.3 cm³/mol. The number of hydrogen-bond acceptors (Lipinski definition) is 4. The molecule has 0 fully saturated rings. The van der Waals surface area contributed by atoms with E-state index in [0.717, 1.165) is 5.69 Å². The van der Waals surface area contributed by atoms with Crippen molar-refractivity contribution in [2.24, 2.45) is 5.84 Å². The van der Waals surface area contributed by atoms with Crippen LogP contribution in [0.4, 0.5) is 4.39 Å². The van der Waals surface area contributed by atoms with Crippen LogP contribution in [0, 0.1) is 5.82 Å². The molecule has 2 aromatic rings. The third kappa shape index (κ3) is 3.01. The van der Waals surface area contributed by atoms with Crippen molar-refractivity contribution >= 4 is 22.9 Å². The molecule has 1 atom stereocenters. The molecule has 6 heteroatoms. The van der Waals surface area contributed by atoms with Gasteiger partial charge in [0, 0.05) is 10.4 Å². The Bertz CT molecular complexity index is 489. The van der Waals surface area contributed by atoms with Crippen LogP contribution in [-0.4, -0.2) is 4.98 Å². The van der Waals surface area contributed by atoms with Crippen LogP contribution in [0.1, 0.15) is 17.3 Å². The zero-order chi connectivity index (χ0) is 12.3. The molecule has 0 spiro atoms. The van der Waals surface area contributed by atoms with Crippen LogP contribution in [0.3, 0.4) is 0 Å². The van der Waals surface area contributed by atoms with Crippen molar-refractivity contribution in [1.29, 1.82) is 0 Å². The van der Waals surface area contributed by atoms with Crippen LogP contribution < -0.4 is 11.3 Å². The lowest BCUT2D eigenvalue weighted by Crippen LogP contribution is -2.29. The van der Waals surface area contributed by atoms with Crippen molar-refractivity contribution in [3.05, 3.63) is 51.2 Å². The molecule has 0 aliphatic rings. The first kappa shape index (κ1) is 12.4. The van der Waals surface area contributed by atoms with Gasteiger partial charge in [-0.2, -0.15) is 0 Å². The van der Waals surface area contributed by atoms with Crippen molar-refractivity contribution < 1.29 is 4.39 Å². The summed E-state index contributed by atoms with van der Waals surface area (Å²) in [5.74, 6) is 5.17. The first-order chi connectivity index (χ1) is 8.20. The Kier molecular flexibility index (Phi) is 4.06. The Labute approximate surface area is 107 Å². The van der Waals surface area contributed by atoms with Crippen LogP contribution in [-0.2, 0) is 6.42 Å². The maximum atomic E-state index is 13.1. The van der Waals surface area contributed by atoms with E-state index in [0.29, 0.717) is 17.0 Å². The molecule has 0 aliphatic carbocycles. The van der Waals surface area contributed by atoms with Crippen molar-refractivity contribution in [3.8, 4) is 0 Å². The molecule has 0 amide bonds. The number of hydrazine groups is 1. The number of rotatable bonds is 4. The first-order valence-electron chi connectivity index (χ1n) is 4.99. The van der Waals surface area contributed by atoms with Crippen LogP contribution in [0.15, 0.2) is 29.1 Å². The van der Waals surface area contributed by atoms with Gasteiger partial charge in [-0.3, -0.25) is 11.3 Å². The van der Waals surface area contributed by atoms with Crippen LogP contribution in [0.5, 0.6) is 0 Å². The number of hydrogen-bond donors (Lipinski definition) is 2. The Morgan fingerprint density at radius 3 is 3.00 bits per heavy atom. The molecule has 0 saturated carbocycles. The average molecular weight is 272 g/mol. The standard InChI is InChI=1S/C11H11ClFN3S/c12-9-2-1-8(13)3-7(9)4-10(16-14)11-5-17-6-15-11/h1-3,5-6,10,16H,4,14H2. The number of nitrogens with one attached hydrogen (secondary N) is 1. The van der Waals surface area contributed by atoms with Gasteiger partial charge in [0.1, 0.15) is 5.82 Å². The lowest BCUT2D eigenvalue weighted by molar-refractivity contribution is 0.538. The fourth-order valence-corrected chi connectivity index (χ4v) is 2.37. The monoisotopic (exact) mass is 271 g/mol. The highest BCUT2D eigenvalue weighted by Gasteiger charge is 2.14. The van der Waals surface area contributed by atoms with Gasteiger partial charge in [0.15, 0.2) is 0 Å². The molecule has 1 unspecified atom stereocenters. The van der Waals surface area contributed by atoms with Gasteiger partial charge in [0.25, 0.3) is 0 Å². The highest BCUT2D eigenvalue weighted by atomic mass is 35.5. The fraction of sp³-hybridized carbons (Fsp3) is 0.182. The summed E-state index contributed by atoms with van der Waals surface area (Å²) in [6, 6.07) is 4.12. The van der Waals surface area contributed by atoms with Gasteiger partial charge < -0.3 is 0 Å². The molecule has 90 valence electrons. The largest absolute Gasteiger partial charge is 0.271 e. The van der Waals surface area contributed by atoms with Crippen LogP contribution in [0.2, 0.25) is 5.02 Å². The number of thiazole rings is 1. The van der Waals surface area contributed by atoms with Crippen molar-refractivity contribution in [2.45, 2.75) is 12.5 Å². The number of nitrogens with two attached hydrogens (primary N) is 1. The minimum Gasteiger partial charge on any atom is -0.271 e. The molecule has 0 aliphatic heterocycles. The highest BCUT2D eigenvalue weighted by Crippen LogP contribution is 2.23. The second-order valence-electron chi connectivity index (χ2n) is 3.57. The Morgan fingerprint density at radius 1 is 1.53 bits per heavy atom. The van der Waals surface area contributed by atoms with E-state index in [1.807, 2.05) is 5.38 Å². The third-order valence-corrected chi connectivity index (χ3v) is 3.41. The Balaban J connectivity index is 2.21. The summed E-state index contributed by atoms with van der Waals surface area (Å²) >= 11 is 7.49. The second-order valence-corrected chi connectivity index (χ2v) is 4.70. The molecular formula is C11H11ClFN3S. The van der Waals surface area contributed by atoms with E-state index in [4.69, 9.17) is 17.4 Å². The average Bonchev–Trinajstić information content (AvgIpc) is 2.84. The molecule has 1 heterocycles. The van der Waals surface area contributed by atoms with Crippen molar-refractivity contribution in [1.82, 2.24) is 10.4 Å². The van der Waals surface area contributed by atoms with Gasteiger partial charge in [-0.25, -0.2) is 9.37 Å². The SMILES string of the molecule is NNC(Cc1cc(F)ccc1Cl)c1cscn1. The van der Waals surface area contributed by atoms with Gasteiger partial charge in [0.05, 0.1) is 17.2 Å². The topological polar surface area (TPSA) is 50.9 Å². The van der Waals surface area contributed by atoms with Crippen molar-refractivity contribution in [3.63, 3.8) is 0 Å². The molecular weight excluding hydrogens is 261 g/mol. The first-order valence-corrected chi connectivity index (χ1v) is 6.31. The number of nitrogens with zero attached hydrogens (tertiary/aromatic N) is 1. The fourth-order valence-electron chi connectivity index (χ4n) is 1.56. The Morgan fingerprint density at radius 2 is 2.35 bits per heavy atom. The van der Waals surface area contributed by atoms with Gasteiger partial charge in [-0.15, -0.1) is 11.3 Å². The van der Waals surface area contributed by atoms with E-state index in [1.54, 1.807) is 11.6 Å². The van der Waals surface area contributed by atoms with Gasteiger partial charge in [-0.05, 0) is 30.2 Å². The normalized spacial score (nSPS) is 12.6. The smallest absolute Gasteiger partial charge is 0.123 e.